The molecule has 4 heteroatoms. The zero-order valence-corrected chi connectivity index (χ0v) is 7.70. The minimum absolute atomic E-state index is 0. The van der Waals surface area contributed by atoms with Crippen molar-refractivity contribution < 1.29 is 11.0 Å². The summed E-state index contributed by atoms with van der Waals surface area (Å²) in [5.74, 6) is 0. The number of aromatic amines is 1. The van der Waals surface area contributed by atoms with Crippen LogP contribution in [0.25, 0.3) is 0 Å². The second-order valence-electron chi connectivity index (χ2n) is 2.70. The molecule has 0 atom stereocenters. The van der Waals surface area contributed by atoms with E-state index >= 15 is 0 Å². The van der Waals surface area contributed by atoms with E-state index in [1.165, 1.54) is 10.9 Å². The lowest BCUT2D eigenvalue weighted by Gasteiger charge is -1.94. The highest BCUT2D eigenvalue weighted by atomic mass is 16.0. The summed E-state index contributed by atoms with van der Waals surface area (Å²) in [5, 5.41) is 0. The average Bonchev–Trinajstić information content (AvgIpc) is 2.59. The van der Waals surface area contributed by atoms with Crippen LogP contribution < -0.4 is 10.9 Å². The number of nitrogens with one attached hydrogen (secondary N) is 1. The van der Waals surface area contributed by atoms with Crippen LogP contribution in [0.2, 0.25) is 0 Å². The molecule has 0 saturated heterocycles. The first-order valence-electron chi connectivity index (χ1n) is 3.98. The highest BCUT2D eigenvalue weighted by molar-refractivity contribution is 6.67. The Hall–Kier alpha value is -1.52. The molecule has 3 nitrogen and oxygen atoms in total. The molecule has 1 aromatic carbocycles. The molecule has 5 N–H and O–H groups in total. The third kappa shape index (κ3) is 3.09. The molecule has 14 heavy (non-hydrogen) atoms. The zero-order chi connectivity index (χ0) is 8.23. The van der Waals surface area contributed by atoms with Gasteiger partial charge in [0.15, 0.2) is 7.28 Å². The summed E-state index contributed by atoms with van der Waals surface area (Å²) in [7, 11) is 2.14. The highest BCUT2D eigenvalue weighted by Crippen LogP contribution is 1.82. The fourth-order valence-corrected chi connectivity index (χ4v) is 1.17. The second kappa shape index (κ2) is 6.02. The van der Waals surface area contributed by atoms with Gasteiger partial charge in [0.25, 0.3) is 0 Å². The second-order valence-corrected chi connectivity index (χ2v) is 2.70. The van der Waals surface area contributed by atoms with Crippen LogP contribution in [0, 0.1) is 0 Å². The number of H-pyrrole nitrogens is 1. The van der Waals surface area contributed by atoms with Crippen LogP contribution in [0.3, 0.4) is 0 Å². The molecule has 1 radical (unpaired) electrons. The summed E-state index contributed by atoms with van der Waals surface area (Å²) in [4.78, 5) is 3.02. The van der Waals surface area contributed by atoms with Crippen LogP contribution in [0.5, 0.6) is 0 Å². The lowest BCUT2D eigenvalue weighted by atomic mass is 9.65. The van der Waals surface area contributed by atoms with Crippen molar-refractivity contribution >= 4 is 18.2 Å². The van der Waals surface area contributed by atoms with Crippen molar-refractivity contribution in [3.8, 4) is 0 Å². The molecular weight excluding hydrogens is 177 g/mol. The Labute approximate surface area is 83.6 Å². The van der Waals surface area contributed by atoms with Crippen molar-refractivity contribution in [3.05, 3.63) is 48.8 Å². The Kier molecular flexibility index (Phi) is 5.37. The molecule has 0 amide bonds. The third-order valence-electron chi connectivity index (χ3n) is 1.75. The predicted octanol–water partition coefficient (Wildman–Crippen LogP) is -0.980. The van der Waals surface area contributed by atoms with Crippen LogP contribution in [0.4, 0.5) is 0 Å². The maximum atomic E-state index is 3.02. The molecule has 0 bridgehead atoms. The van der Waals surface area contributed by atoms with Crippen molar-refractivity contribution in [1.29, 1.82) is 0 Å². The van der Waals surface area contributed by atoms with Crippen molar-refractivity contribution in [2.24, 2.45) is 0 Å². The van der Waals surface area contributed by atoms with Gasteiger partial charge in [-0.25, -0.2) is 0 Å². The standard InChI is InChI=1S/C10H9BN.2H2O/c1-2-4-9(5-3-1)11-10-6-7-12-8-10;;/h1-8,12H;2*1H2. The van der Waals surface area contributed by atoms with Gasteiger partial charge in [0.1, 0.15) is 0 Å². The molecular formula is C10H13BNO2. The third-order valence-corrected chi connectivity index (χ3v) is 1.75. The quantitative estimate of drug-likeness (QED) is 0.590. The summed E-state index contributed by atoms with van der Waals surface area (Å²) in [6, 6.07) is 12.3. The molecule has 1 aromatic heterocycles. The summed E-state index contributed by atoms with van der Waals surface area (Å²) in [6.45, 7) is 0. The van der Waals surface area contributed by atoms with Gasteiger partial charge in [0, 0.05) is 0 Å². The monoisotopic (exact) mass is 190 g/mol. The number of rotatable bonds is 2. The van der Waals surface area contributed by atoms with Gasteiger partial charge in [0.2, 0.25) is 0 Å². The van der Waals surface area contributed by atoms with Gasteiger partial charge in [-0.2, -0.15) is 0 Å². The van der Waals surface area contributed by atoms with E-state index in [-0.39, 0.29) is 11.0 Å². The van der Waals surface area contributed by atoms with E-state index in [0.29, 0.717) is 0 Å². The minimum atomic E-state index is 0. The maximum Gasteiger partial charge on any atom is 0.193 e. The fraction of sp³-hybridized carbons (Fsp3) is 0. The van der Waals surface area contributed by atoms with Crippen LogP contribution in [-0.2, 0) is 0 Å². The first-order chi connectivity index (χ1) is 5.95. The molecule has 2 aromatic rings. The summed E-state index contributed by atoms with van der Waals surface area (Å²) in [5.41, 5.74) is 2.44. The molecule has 0 fully saturated rings. The Balaban J connectivity index is 0.000000845. The van der Waals surface area contributed by atoms with Gasteiger partial charge < -0.3 is 15.9 Å². The zero-order valence-electron chi connectivity index (χ0n) is 7.70. The minimum Gasteiger partial charge on any atom is -0.412 e. The van der Waals surface area contributed by atoms with E-state index in [1.807, 2.05) is 36.7 Å². The number of aromatic nitrogens is 1. The van der Waals surface area contributed by atoms with Crippen LogP contribution >= 0.6 is 0 Å². The Morgan fingerprint density at radius 1 is 0.857 bits per heavy atom. The van der Waals surface area contributed by atoms with Gasteiger partial charge in [-0.15, -0.1) is 0 Å². The summed E-state index contributed by atoms with van der Waals surface area (Å²) in [6.07, 6.45) is 3.90. The van der Waals surface area contributed by atoms with Crippen LogP contribution in [0.1, 0.15) is 0 Å². The number of hydrogen-bond acceptors (Lipinski definition) is 0. The summed E-state index contributed by atoms with van der Waals surface area (Å²) >= 11 is 0. The number of benzene rings is 1. The first kappa shape index (κ1) is 12.5. The van der Waals surface area contributed by atoms with Crippen LogP contribution in [-0.4, -0.2) is 23.2 Å². The smallest absolute Gasteiger partial charge is 0.193 e. The van der Waals surface area contributed by atoms with Crippen molar-refractivity contribution in [1.82, 2.24) is 4.98 Å². The Bertz CT molecular complexity index is 334. The lowest BCUT2D eigenvalue weighted by molar-refractivity contribution is 0.823. The molecule has 0 aliphatic rings. The summed E-state index contributed by atoms with van der Waals surface area (Å²) < 4.78 is 0. The van der Waals surface area contributed by atoms with Gasteiger partial charge in [-0.05, 0) is 12.4 Å². The molecule has 2 rings (SSSR count). The van der Waals surface area contributed by atoms with E-state index in [4.69, 9.17) is 0 Å². The van der Waals surface area contributed by atoms with Crippen molar-refractivity contribution in [3.63, 3.8) is 0 Å². The van der Waals surface area contributed by atoms with Gasteiger partial charge in [-0.1, -0.05) is 47.3 Å². The normalized spacial score (nSPS) is 8.29. The Morgan fingerprint density at radius 2 is 1.57 bits per heavy atom. The van der Waals surface area contributed by atoms with Gasteiger partial charge in [-0.3, -0.25) is 0 Å². The lowest BCUT2D eigenvalue weighted by Crippen LogP contribution is -2.25. The largest absolute Gasteiger partial charge is 0.412 e. The van der Waals surface area contributed by atoms with E-state index < -0.39 is 0 Å². The number of hydrogen-bond donors (Lipinski definition) is 1. The van der Waals surface area contributed by atoms with Gasteiger partial charge in [0.05, 0.1) is 0 Å². The molecule has 0 aliphatic carbocycles. The van der Waals surface area contributed by atoms with E-state index in [1.54, 1.807) is 0 Å². The van der Waals surface area contributed by atoms with Crippen molar-refractivity contribution in [2.75, 3.05) is 0 Å². The SMILES string of the molecule is O.O.[B](c1ccccc1)c1cc[nH]c1. The topological polar surface area (TPSA) is 78.8 Å². The van der Waals surface area contributed by atoms with E-state index in [2.05, 4.69) is 24.4 Å². The first-order valence-corrected chi connectivity index (χ1v) is 3.98. The fourth-order valence-electron chi connectivity index (χ4n) is 1.17. The van der Waals surface area contributed by atoms with Crippen LogP contribution in [0.15, 0.2) is 48.8 Å². The van der Waals surface area contributed by atoms with E-state index in [9.17, 15) is 0 Å². The van der Waals surface area contributed by atoms with Gasteiger partial charge >= 0.3 is 0 Å². The maximum absolute atomic E-state index is 3.02. The molecule has 0 saturated carbocycles. The molecule has 0 spiro atoms. The van der Waals surface area contributed by atoms with Crippen molar-refractivity contribution in [2.45, 2.75) is 0 Å². The Morgan fingerprint density at radius 3 is 2.14 bits per heavy atom. The molecule has 1 heterocycles. The average molecular weight is 190 g/mol. The molecule has 0 unspecified atom stereocenters. The predicted molar refractivity (Wildman–Crippen MR) is 59.5 cm³/mol. The highest BCUT2D eigenvalue weighted by Gasteiger charge is 1.96. The molecule has 0 aliphatic heterocycles. The molecule has 73 valence electrons. The van der Waals surface area contributed by atoms with E-state index in [0.717, 1.165) is 0 Å².